The molecule has 1 saturated heterocycles. The average molecular weight is 440 g/mol. The van der Waals surface area contributed by atoms with Gasteiger partial charge < -0.3 is 26.4 Å². The Morgan fingerprint density at radius 1 is 1.10 bits per heavy atom. The van der Waals surface area contributed by atoms with Gasteiger partial charge in [-0.05, 0) is 62.3 Å². The normalized spacial score (nSPS) is 13.4. The van der Waals surface area contributed by atoms with Crippen molar-refractivity contribution in [3.8, 4) is 5.75 Å². The highest BCUT2D eigenvalue weighted by Crippen LogP contribution is 2.19. The molecule has 0 saturated carbocycles. The minimum absolute atomic E-state index is 0. The summed E-state index contributed by atoms with van der Waals surface area (Å²) in [4.78, 5) is 12.1. The first-order valence-corrected chi connectivity index (χ1v) is 9.06. The maximum Gasteiger partial charge on any atom is 0.243 e. The molecule has 3 rings (SSSR count). The van der Waals surface area contributed by atoms with Crippen molar-refractivity contribution in [2.75, 3.05) is 30.3 Å². The summed E-state index contributed by atoms with van der Waals surface area (Å²) in [6, 6.07) is 14.5. The topological polar surface area (TPSA) is 112 Å². The summed E-state index contributed by atoms with van der Waals surface area (Å²) in [6.07, 6.45) is 2.27. The number of ether oxygens (including phenoxy) is 1. The van der Waals surface area contributed by atoms with Crippen LogP contribution >= 0.6 is 24.8 Å². The summed E-state index contributed by atoms with van der Waals surface area (Å²) in [7, 11) is 0. The number of carbonyl (C=O) groups is 1. The largest absolute Gasteiger partial charge is 0.490 e. The molecule has 2 aromatic rings. The lowest BCUT2D eigenvalue weighted by atomic mass is 10.1. The Balaban J connectivity index is 0.00000210. The van der Waals surface area contributed by atoms with Gasteiger partial charge in [-0.15, -0.1) is 24.8 Å². The van der Waals surface area contributed by atoms with Crippen molar-refractivity contribution < 1.29 is 9.53 Å². The van der Waals surface area contributed by atoms with Crippen molar-refractivity contribution in [3.05, 3.63) is 54.1 Å². The van der Waals surface area contributed by atoms with Crippen LogP contribution in [0.15, 0.2) is 48.5 Å². The predicted molar refractivity (Wildman–Crippen MR) is 122 cm³/mol. The van der Waals surface area contributed by atoms with E-state index in [-0.39, 0.29) is 49.2 Å². The van der Waals surface area contributed by atoms with Gasteiger partial charge in [0.05, 0.1) is 6.54 Å². The van der Waals surface area contributed by atoms with Crippen molar-refractivity contribution in [1.29, 1.82) is 5.41 Å². The van der Waals surface area contributed by atoms with Gasteiger partial charge in [-0.1, -0.05) is 12.1 Å². The van der Waals surface area contributed by atoms with Crippen LogP contribution in [0.25, 0.3) is 0 Å². The SMILES string of the molecule is Cl.Cl.N=C(N)c1cccc(NCC(=O)Nc2ccc(OC3CCNCC3)cc2)c1. The van der Waals surface area contributed by atoms with Gasteiger partial charge in [0.1, 0.15) is 17.7 Å². The Kier molecular flexibility index (Phi) is 10.3. The zero-order chi connectivity index (χ0) is 19.1. The van der Waals surface area contributed by atoms with Crippen molar-refractivity contribution in [2.45, 2.75) is 18.9 Å². The zero-order valence-corrected chi connectivity index (χ0v) is 17.6. The molecule has 1 amide bonds. The van der Waals surface area contributed by atoms with Gasteiger partial charge in [-0.25, -0.2) is 0 Å². The van der Waals surface area contributed by atoms with Crippen molar-refractivity contribution in [3.63, 3.8) is 0 Å². The van der Waals surface area contributed by atoms with Gasteiger partial charge in [-0.3, -0.25) is 10.2 Å². The van der Waals surface area contributed by atoms with Crippen LogP contribution in [0.1, 0.15) is 18.4 Å². The van der Waals surface area contributed by atoms with Gasteiger partial charge in [0.15, 0.2) is 0 Å². The lowest BCUT2D eigenvalue weighted by Crippen LogP contribution is -2.34. The number of hydrogen-bond donors (Lipinski definition) is 5. The third-order valence-electron chi connectivity index (χ3n) is 4.35. The van der Waals surface area contributed by atoms with E-state index < -0.39 is 0 Å². The predicted octanol–water partition coefficient (Wildman–Crippen LogP) is 3.00. The van der Waals surface area contributed by atoms with Crippen LogP contribution in [0.2, 0.25) is 0 Å². The maximum atomic E-state index is 12.1. The molecule has 0 unspecified atom stereocenters. The molecule has 1 heterocycles. The van der Waals surface area contributed by atoms with Gasteiger partial charge in [0, 0.05) is 16.9 Å². The molecule has 9 heteroatoms. The number of halogens is 2. The number of rotatable bonds is 7. The fraction of sp³-hybridized carbons (Fsp3) is 0.300. The number of nitrogens with two attached hydrogens (primary N) is 1. The molecule has 0 spiro atoms. The highest BCUT2D eigenvalue weighted by Gasteiger charge is 2.14. The van der Waals surface area contributed by atoms with Crippen LogP contribution in [0, 0.1) is 5.41 Å². The van der Waals surface area contributed by atoms with Crippen LogP contribution in [-0.4, -0.2) is 37.5 Å². The number of amides is 1. The van der Waals surface area contributed by atoms with Gasteiger partial charge in [0.2, 0.25) is 5.91 Å². The molecule has 6 N–H and O–H groups in total. The molecule has 2 aromatic carbocycles. The number of carbonyl (C=O) groups excluding carboxylic acids is 1. The third kappa shape index (κ3) is 7.81. The smallest absolute Gasteiger partial charge is 0.243 e. The number of anilines is 2. The Labute approximate surface area is 183 Å². The molecule has 158 valence electrons. The van der Waals surface area contributed by atoms with Crippen LogP contribution in [0.5, 0.6) is 5.75 Å². The van der Waals surface area contributed by atoms with Gasteiger partial charge >= 0.3 is 0 Å². The number of nitrogens with one attached hydrogen (secondary N) is 4. The summed E-state index contributed by atoms with van der Waals surface area (Å²) in [5.74, 6) is 0.657. The molecule has 0 bridgehead atoms. The van der Waals surface area contributed by atoms with Crippen molar-refractivity contribution >= 4 is 47.9 Å². The summed E-state index contributed by atoms with van der Waals surface area (Å²) in [5, 5.41) is 16.6. The van der Waals surface area contributed by atoms with E-state index in [1.165, 1.54) is 0 Å². The maximum absolute atomic E-state index is 12.1. The molecule has 0 radical (unpaired) electrons. The van der Waals surface area contributed by atoms with E-state index in [4.69, 9.17) is 15.9 Å². The molecule has 0 atom stereocenters. The minimum atomic E-state index is -0.157. The Morgan fingerprint density at radius 2 is 1.79 bits per heavy atom. The second kappa shape index (κ2) is 12.2. The summed E-state index contributed by atoms with van der Waals surface area (Å²) in [6.45, 7) is 2.09. The highest BCUT2D eigenvalue weighted by atomic mass is 35.5. The average Bonchev–Trinajstić information content (AvgIpc) is 2.69. The van der Waals surface area contributed by atoms with Crippen LogP contribution in [0.4, 0.5) is 11.4 Å². The van der Waals surface area contributed by atoms with Gasteiger partial charge in [-0.2, -0.15) is 0 Å². The molecule has 1 aliphatic rings. The second-order valence-electron chi connectivity index (χ2n) is 6.49. The number of hydrogen-bond acceptors (Lipinski definition) is 5. The molecular weight excluding hydrogens is 413 g/mol. The number of nitrogen functional groups attached to an aromatic ring is 1. The number of benzene rings is 2. The van der Waals surface area contributed by atoms with Gasteiger partial charge in [0.25, 0.3) is 0 Å². The van der Waals surface area contributed by atoms with Crippen molar-refractivity contribution in [1.82, 2.24) is 5.32 Å². The summed E-state index contributed by atoms with van der Waals surface area (Å²) in [5.41, 5.74) is 7.55. The Bertz CT molecular complexity index is 796. The lowest BCUT2D eigenvalue weighted by molar-refractivity contribution is -0.114. The van der Waals surface area contributed by atoms with E-state index in [0.717, 1.165) is 43.1 Å². The fourth-order valence-electron chi connectivity index (χ4n) is 2.91. The van der Waals surface area contributed by atoms with E-state index >= 15 is 0 Å². The first-order valence-electron chi connectivity index (χ1n) is 9.06. The fourth-order valence-corrected chi connectivity index (χ4v) is 2.91. The number of piperidine rings is 1. The van der Waals surface area contributed by atoms with E-state index in [1.54, 1.807) is 18.2 Å². The molecule has 0 aliphatic carbocycles. The summed E-state index contributed by atoms with van der Waals surface area (Å²) < 4.78 is 5.96. The molecular formula is C20H27Cl2N5O2. The van der Waals surface area contributed by atoms with E-state index in [0.29, 0.717) is 5.56 Å². The van der Waals surface area contributed by atoms with Crippen LogP contribution < -0.4 is 26.4 Å². The quantitative estimate of drug-likeness (QED) is 0.336. The first-order chi connectivity index (χ1) is 13.1. The monoisotopic (exact) mass is 439 g/mol. The first kappa shape index (κ1) is 24.6. The summed E-state index contributed by atoms with van der Waals surface area (Å²) >= 11 is 0. The Morgan fingerprint density at radius 3 is 2.45 bits per heavy atom. The molecule has 0 aromatic heterocycles. The zero-order valence-electron chi connectivity index (χ0n) is 15.9. The minimum Gasteiger partial charge on any atom is -0.490 e. The molecule has 1 aliphatic heterocycles. The molecule has 1 fully saturated rings. The Hall–Kier alpha value is -2.48. The van der Waals surface area contributed by atoms with Crippen LogP contribution in [0.3, 0.4) is 0 Å². The van der Waals surface area contributed by atoms with E-state index in [9.17, 15) is 4.79 Å². The molecule has 29 heavy (non-hydrogen) atoms. The highest BCUT2D eigenvalue weighted by molar-refractivity contribution is 5.96. The standard InChI is InChI=1S/C20H25N5O2.2ClH/c21-20(22)14-2-1-3-16(12-14)24-13-19(26)25-15-4-6-17(7-5-15)27-18-8-10-23-11-9-18;;/h1-7,12,18,23-24H,8-11,13H2,(H3,21,22)(H,25,26);2*1H. The second-order valence-corrected chi connectivity index (χ2v) is 6.49. The lowest BCUT2D eigenvalue weighted by Gasteiger charge is -2.23. The number of amidine groups is 1. The third-order valence-corrected chi connectivity index (χ3v) is 4.35. The van der Waals surface area contributed by atoms with E-state index in [1.807, 2.05) is 30.3 Å². The molecule has 7 nitrogen and oxygen atoms in total. The van der Waals surface area contributed by atoms with Crippen molar-refractivity contribution in [2.24, 2.45) is 5.73 Å². The van der Waals surface area contributed by atoms with E-state index in [2.05, 4.69) is 16.0 Å². The van der Waals surface area contributed by atoms with Crippen LogP contribution in [-0.2, 0) is 4.79 Å².